The van der Waals surface area contributed by atoms with Gasteiger partial charge in [-0.25, -0.2) is 19.2 Å². The van der Waals surface area contributed by atoms with Crippen LogP contribution in [-0.2, 0) is 52.3 Å². The van der Waals surface area contributed by atoms with Crippen molar-refractivity contribution in [1.82, 2.24) is 0 Å². The number of esters is 3. The van der Waals surface area contributed by atoms with Gasteiger partial charge in [0.1, 0.15) is 18.3 Å². The highest BCUT2D eigenvalue weighted by atomic mass is 16.7. The van der Waals surface area contributed by atoms with Crippen LogP contribution in [0.15, 0.2) is 24.3 Å². The average molecular weight is 468 g/mol. The van der Waals surface area contributed by atoms with E-state index in [0.29, 0.717) is 12.7 Å². The fraction of sp³-hybridized carbons (Fsp3) is 0.619. The maximum atomic E-state index is 12.1. The Morgan fingerprint density at radius 1 is 0.636 bits per heavy atom. The summed E-state index contributed by atoms with van der Waals surface area (Å²) in [5.74, 6) is -3.42. The second-order valence-corrected chi connectivity index (χ2v) is 8.10. The average Bonchev–Trinajstić information content (AvgIpc) is 3.52. The molecule has 4 saturated heterocycles. The molecule has 33 heavy (non-hydrogen) atoms. The van der Waals surface area contributed by atoms with Gasteiger partial charge in [-0.15, -0.1) is 0 Å². The number of ether oxygens (including phenoxy) is 7. The number of carbonyl (C=O) groups is 4. The maximum absolute atomic E-state index is 12.1. The first-order chi connectivity index (χ1) is 15.8. The lowest BCUT2D eigenvalue weighted by atomic mass is 10.0. The SMILES string of the molecule is C[C@@H]1CO[C@H]2[C@@H]1OC[C@H]2OC(=O)C=CC(=O)O[C@H]1CO[C@H]2[C@@H]1OC[C@H]2OC(=O)/C=C/C(=O)O. The van der Waals surface area contributed by atoms with Crippen LogP contribution in [0.4, 0.5) is 0 Å². The lowest BCUT2D eigenvalue weighted by molar-refractivity contribution is -0.151. The number of hydrogen-bond donors (Lipinski definition) is 1. The van der Waals surface area contributed by atoms with Crippen LogP contribution < -0.4 is 0 Å². The molecule has 1 N–H and O–H groups in total. The molecule has 4 rings (SSSR count). The smallest absolute Gasteiger partial charge is 0.331 e. The van der Waals surface area contributed by atoms with Gasteiger partial charge in [-0.3, -0.25) is 0 Å². The molecule has 4 fully saturated rings. The highest BCUT2D eigenvalue weighted by molar-refractivity contribution is 5.92. The molecule has 12 nitrogen and oxygen atoms in total. The summed E-state index contributed by atoms with van der Waals surface area (Å²) in [4.78, 5) is 46.3. The Kier molecular flexibility index (Phi) is 7.08. The van der Waals surface area contributed by atoms with Gasteiger partial charge in [0.25, 0.3) is 0 Å². The van der Waals surface area contributed by atoms with Gasteiger partial charge in [-0.05, 0) is 0 Å². The van der Waals surface area contributed by atoms with Crippen LogP contribution in [-0.4, -0.2) is 98.1 Å². The summed E-state index contributed by atoms with van der Waals surface area (Å²) >= 11 is 0. The van der Waals surface area contributed by atoms with Crippen LogP contribution in [0.3, 0.4) is 0 Å². The van der Waals surface area contributed by atoms with Crippen molar-refractivity contribution in [3.8, 4) is 0 Å². The molecule has 12 heteroatoms. The van der Waals surface area contributed by atoms with Gasteiger partial charge < -0.3 is 38.3 Å². The van der Waals surface area contributed by atoms with Crippen LogP contribution in [0.1, 0.15) is 6.92 Å². The summed E-state index contributed by atoms with van der Waals surface area (Å²) in [6, 6.07) is 0. The quantitative estimate of drug-likeness (QED) is 0.281. The fourth-order valence-corrected chi connectivity index (χ4v) is 4.23. The van der Waals surface area contributed by atoms with Gasteiger partial charge in [0.2, 0.25) is 0 Å². The third-order valence-corrected chi connectivity index (χ3v) is 5.74. The van der Waals surface area contributed by atoms with Crippen LogP contribution in [0.25, 0.3) is 0 Å². The van der Waals surface area contributed by atoms with E-state index >= 15 is 0 Å². The molecular formula is C21H24O12. The summed E-state index contributed by atoms with van der Waals surface area (Å²) in [5.41, 5.74) is 0. The Bertz CT molecular complexity index is 850. The molecule has 4 aliphatic rings. The Labute approximate surface area is 188 Å². The van der Waals surface area contributed by atoms with Crippen molar-refractivity contribution in [3.63, 3.8) is 0 Å². The normalized spacial score (nSPS) is 37.2. The molecular weight excluding hydrogens is 444 g/mol. The van der Waals surface area contributed by atoms with Gasteiger partial charge in [0.15, 0.2) is 18.3 Å². The molecule has 0 aliphatic carbocycles. The number of carboxylic acids is 1. The predicted molar refractivity (Wildman–Crippen MR) is 104 cm³/mol. The molecule has 0 bridgehead atoms. The van der Waals surface area contributed by atoms with E-state index in [9.17, 15) is 19.2 Å². The van der Waals surface area contributed by atoms with Crippen molar-refractivity contribution >= 4 is 23.9 Å². The number of fused-ring (bicyclic) bond motifs is 2. The van der Waals surface area contributed by atoms with E-state index in [1.807, 2.05) is 6.92 Å². The molecule has 0 unspecified atom stereocenters. The van der Waals surface area contributed by atoms with Gasteiger partial charge in [0.05, 0.1) is 32.5 Å². The Morgan fingerprint density at radius 3 is 1.45 bits per heavy atom. The molecule has 180 valence electrons. The van der Waals surface area contributed by atoms with Crippen LogP contribution in [0.2, 0.25) is 0 Å². The minimum absolute atomic E-state index is 0.00447. The second-order valence-electron chi connectivity index (χ2n) is 8.10. The van der Waals surface area contributed by atoms with E-state index in [2.05, 4.69) is 0 Å². The van der Waals surface area contributed by atoms with Crippen LogP contribution >= 0.6 is 0 Å². The lowest BCUT2D eigenvalue weighted by Crippen LogP contribution is -2.35. The van der Waals surface area contributed by atoms with Crippen LogP contribution in [0.5, 0.6) is 0 Å². The molecule has 0 saturated carbocycles. The van der Waals surface area contributed by atoms with E-state index in [1.54, 1.807) is 0 Å². The van der Waals surface area contributed by atoms with E-state index in [4.69, 9.17) is 38.3 Å². The standard InChI is InChI=1S/C21H24O12/c1-10-6-27-19-11(7-28-18(10)19)31-16(25)4-5-17(26)33-13-9-30-20-12(8-29-21(13)20)32-15(24)3-2-14(22)23/h2-5,10-13,18-21H,6-9H2,1H3,(H,22,23)/b3-2+,5-4?/t10-,11-,12-,13+,18-,19-,20-,21-/m1/s1. The first-order valence-electron chi connectivity index (χ1n) is 10.5. The molecule has 0 amide bonds. The maximum Gasteiger partial charge on any atom is 0.331 e. The van der Waals surface area contributed by atoms with Crippen molar-refractivity contribution in [2.24, 2.45) is 5.92 Å². The van der Waals surface area contributed by atoms with Crippen molar-refractivity contribution < 1.29 is 57.4 Å². The van der Waals surface area contributed by atoms with Gasteiger partial charge in [0, 0.05) is 30.2 Å². The monoisotopic (exact) mass is 468 g/mol. The van der Waals surface area contributed by atoms with E-state index in [1.165, 1.54) is 0 Å². The van der Waals surface area contributed by atoms with Gasteiger partial charge in [-0.1, -0.05) is 6.92 Å². The number of carbonyl (C=O) groups excluding carboxylic acids is 3. The molecule has 4 heterocycles. The third kappa shape index (κ3) is 5.41. The molecule has 0 aromatic rings. The molecule has 0 aromatic heterocycles. The fourth-order valence-electron chi connectivity index (χ4n) is 4.23. The third-order valence-electron chi connectivity index (χ3n) is 5.74. The van der Waals surface area contributed by atoms with Crippen molar-refractivity contribution in [3.05, 3.63) is 24.3 Å². The summed E-state index contributed by atoms with van der Waals surface area (Å²) < 4.78 is 38.0. The largest absolute Gasteiger partial charge is 0.478 e. The van der Waals surface area contributed by atoms with E-state index in [-0.39, 0.29) is 37.9 Å². The molecule has 0 spiro atoms. The molecule has 0 aromatic carbocycles. The van der Waals surface area contributed by atoms with E-state index < -0.39 is 54.4 Å². The van der Waals surface area contributed by atoms with Crippen LogP contribution in [0, 0.1) is 5.92 Å². The highest BCUT2D eigenvalue weighted by Gasteiger charge is 2.51. The zero-order chi connectivity index (χ0) is 23.5. The highest BCUT2D eigenvalue weighted by Crippen LogP contribution is 2.32. The Morgan fingerprint density at radius 2 is 1.00 bits per heavy atom. The summed E-state index contributed by atoms with van der Waals surface area (Å²) in [7, 11) is 0. The predicted octanol–water partition coefficient (Wildman–Crippen LogP) is -0.850. The van der Waals surface area contributed by atoms with Gasteiger partial charge >= 0.3 is 23.9 Å². The number of carboxylic acid groups (broad SMARTS) is 1. The topological polar surface area (TPSA) is 153 Å². The zero-order valence-electron chi connectivity index (χ0n) is 17.7. The number of aliphatic carboxylic acids is 1. The Balaban J connectivity index is 1.22. The van der Waals surface area contributed by atoms with Gasteiger partial charge in [-0.2, -0.15) is 0 Å². The number of rotatable bonds is 7. The molecule has 0 radical (unpaired) electrons. The van der Waals surface area contributed by atoms with Crippen molar-refractivity contribution in [2.45, 2.75) is 49.7 Å². The Hall–Kier alpha value is -2.80. The van der Waals surface area contributed by atoms with Crippen molar-refractivity contribution in [2.75, 3.05) is 26.4 Å². The summed E-state index contributed by atoms with van der Waals surface area (Å²) in [6.45, 7) is 2.79. The first kappa shape index (κ1) is 23.4. The minimum atomic E-state index is -1.28. The molecule has 4 aliphatic heterocycles. The minimum Gasteiger partial charge on any atom is -0.478 e. The summed E-state index contributed by atoms with van der Waals surface area (Å²) in [5, 5.41) is 8.55. The van der Waals surface area contributed by atoms with E-state index in [0.717, 1.165) is 18.2 Å². The lowest BCUT2D eigenvalue weighted by Gasteiger charge is -2.16. The van der Waals surface area contributed by atoms with Crippen molar-refractivity contribution in [1.29, 1.82) is 0 Å². The summed E-state index contributed by atoms with van der Waals surface area (Å²) in [6.07, 6.45) is -0.447. The number of hydrogen-bond acceptors (Lipinski definition) is 11. The zero-order valence-corrected chi connectivity index (χ0v) is 17.7. The molecule has 8 atom stereocenters. The first-order valence-corrected chi connectivity index (χ1v) is 10.5. The second kappa shape index (κ2) is 10.00.